The van der Waals surface area contributed by atoms with E-state index in [1.165, 1.54) is 0 Å². The van der Waals surface area contributed by atoms with Crippen LogP contribution in [0, 0.1) is 13.8 Å². The molecule has 0 fully saturated rings. The lowest BCUT2D eigenvalue weighted by molar-refractivity contribution is 0.0827. The molecule has 0 aliphatic heterocycles. The molecule has 3 aromatic rings. The molecule has 0 spiro atoms. The number of fused-ring (bicyclic) bond motifs is 1. The Morgan fingerprint density at radius 2 is 1.90 bits per heavy atom. The average molecular weight is 430 g/mol. The topological polar surface area (TPSA) is 55.2 Å². The highest BCUT2D eigenvalue weighted by Crippen LogP contribution is 2.29. The first kappa shape index (κ1) is 21.6. The number of thiophene rings is 1. The first-order chi connectivity index (χ1) is 13.8. The molecule has 0 N–H and O–H groups in total. The Kier molecular flexibility index (Phi) is 6.80. The van der Waals surface area contributed by atoms with Crippen LogP contribution < -0.4 is 5.56 Å². The second kappa shape index (κ2) is 9.13. The quantitative estimate of drug-likeness (QED) is 0.397. The van der Waals surface area contributed by atoms with E-state index in [-0.39, 0.29) is 11.5 Å². The van der Waals surface area contributed by atoms with E-state index in [0.29, 0.717) is 17.9 Å². The third kappa shape index (κ3) is 4.56. The summed E-state index contributed by atoms with van der Waals surface area (Å²) in [6, 6.07) is 7.64. The molecule has 1 amide bonds. The number of aryl methyl sites for hydroxylation is 2. The lowest BCUT2D eigenvalue weighted by Crippen LogP contribution is -2.23. The second-order valence-corrected chi connectivity index (χ2v) is 9.50. The molecule has 0 saturated carbocycles. The van der Waals surface area contributed by atoms with Crippen LogP contribution in [-0.2, 0) is 12.3 Å². The Morgan fingerprint density at radius 1 is 1.21 bits per heavy atom. The predicted molar refractivity (Wildman–Crippen MR) is 122 cm³/mol. The number of unbranched alkanes of at least 4 members (excludes halogenated alkanes) is 1. The van der Waals surface area contributed by atoms with E-state index in [2.05, 4.69) is 6.92 Å². The molecule has 2 heterocycles. The number of amides is 1. The fourth-order valence-electron chi connectivity index (χ4n) is 3.08. The minimum Gasteiger partial charge on any atom is -0.345 e. The highest BCUT2D eigenvalue weighted by Gasteiger charge is 2.17. The minimum atomic E-state index is -0.00633. The molecular weight excluding hydrogens is 402 g/mol. The highest BCUT2D eigenvalue weighted by atomic mass is 32.2. The number of nitrogens with zero attached hydrogens (tertiary/aromatic N) is 3. The van der Waals surface area contributed by atoms with Crippen LogP contribution in [0.3, 0.4) is 0 Å². The maximum absolute atomic E-state index is 13.2. The van der Waals surface area contributed by atoms with Gasteiger partial charge in [0.05, 0.1) is 5.39 Å². The molecule has 0 radical (unpaired) electrons. The SMILES string of the molecule is CCCCn1c(SCc2ccc(C(=O)N(C)C)cc2)nc2sc(C)c(C)c2c1=O. The first-order valence-electron chi connectivity index (χ1n) is 9.77. The van der Waals surface area contributed by atoms with E-state index in [9.17, 15) is 9.59 Å². The number of benzene rings is 1. The van der Waals surface area contributed by atoms with Crippen molar-refractivity contribution in [3.63, 3.8) is 0 Å². The van der Waals surface area contributed by atoms with Crippen molar-refractivity contribution in [3.8, 4) is 0 Å². The smallest absolute Gasteiger partial charge is 0.263 e. The van der Waals surface area contributed by atoms with Crippen LogP contribution in [0.4, 0.5) is 0 Å². The van der Waals surface area contributed by atoms with Crippen LogP contribution in [-0.4, -0.2) is 34.5 Å². The molecule has 2 aromatic heterocycles. The van der Waals surface area contributed by atoms with Gasteiger partial charge >= 0.3 is 0 Å². The van der Waals surface area contributed by atoms with Crippen LogP contribution in [0.5, 0.6) is 0 Å². The Balaban J connectivity index is 1.89. The molecule has 29 heavy (non-hydrogen) atoms. The Labute approximate surface area is 179 Å². The van der Waals surface area contributed by atoms with E-state index in [1.54, 1.807) is 42.1 Å². The molecule has 0 unspecified atom stereocenters. The number of rotatable bonds is 7. The molecule has 0 atom stereocenters. The zero-order valence-electron chi connectivity index (χ0n) is 17.6. The number of carbonyl (C=O) groups is 1. The van der Waals surface area contributed by atoms with Crippen molar-refractivity contribution in [2.45, 2.75) is 51.1 Å². The highest BCUT2D eigenvalue weighted by molar-refractivity contribution is 7.98. The summed E-state index contributed by atoms with van der Waals surface area (Å²) in [5.41, 5.74) is 2.89. The minimum absolute atomic E-state index is 0.00633. The molecule has 5 nitrogen and oxygen atoms in total. The Bertz CT molecular complexity index is 1080. The van der Waals surface area contributed by atoms with Crippen molar-refractivity contribution in [1.82, 2.24) is 14.5 Å². The Morgan fingerprint density at radius 3 is 2.52 bits per heavy atom. The number of hydrogen-bond donors (Lipinski definition) is 0. The van der Waals surface area contributed by atoms with Crippen molar-refractivity contribution >= 4 is 39.2 Å². The maximum atomic E-state index is 13.2. The van der Waals surface area contributed by atoms with Gasteiger partial charge in [-0.3, -0.25) is 14.2 Å². The van der Waals surface area contributed by atoms with Crippen LogP contribution >= 0.6 is 23.1 Å². The molecule has 7 heteroatoms. The van der Waals surface area contributed by atoms with E-state index in [0.717, 1.165) is 44.2 Å². The third-order valence-corrected chi connectivity index (χ3v) is 7.11. The lowest BCUT2D eigenvalue weighted by Gasteiger charge is -2.12. The van der Waals surface area contributed by atoms with Gasteiger partial charge in [0.2, 0.25) is 0 Å². The lowest BCUT2D eigenvalue weighted by atomic mass is 10.1. The molecule has 3 rings (SSSR count). The molecule has 0 aliphatic rings. The van der Waals surface area contributed by atoms with E-state index >= 15 is 0 Å². The van der Waals surface area contributed by atoms with Gasteiger partial charge < -0.3 is 4.90 Å². The summed E-state index contributed by atoms with van der Waals surface area (Å²) < 4.78 is 1.83. The standard InChI is InChI=1S/C22H27N3O2S2/c1-6-7-12-25-21(27)18-14(2)15(3)29-19(18)23-22(25)28-13-16-8-10-17(11-9-16)20(26)24(4)5/h8-11H,6-7,12-13H2,1-5H3. The van der Waals surface area contributed by atoms with Gasteiger partial charge in [-0.2, -0.15) is 0 Å². The fraction of sp³-hybridized carbons (Fsp3) is 0.409. The first-order valence-corrected chi connectivity index (χ1v) is 11.6. The van der Waals surface area contributed by atoms with Gasteiger partial charge in [-0.15, -0.1) is 11.3 Å². The average Bonchev–Trinajstić information content (AvgIpc) is 2.99. The summed E-state index contributed by atoms with van der Waals surface area (Å²) in [6.45, 7) is 6.86. The van der Waals surface area contributed by atoms with Crippen LogP contribution in [0.15, 0.2) is 34.2 Å². The summed E-state index contributed by atoms with van der Waals surface area (Å²) in [6.07, 6.45) is 1.97. The number of thioether (sulfide) groups is 1. The zero-order valence-corrected chi connectivity index (χ0v) is 19.2. The number of aromatic nitrogens is 2. The van der Waals surface area contributed by atoms with Crippen molar-refractivity contribution < 1.29 is 4.79 Å². The predicted octanol–water partition coefficient (Wildman–Crippen LogP) is 4.87. The number of hydrogen-bond acceptors (Lipinski definition) is 5. The molecule has 0 bridgehead atoms. The van der Waals surface area contributed by atoms with Crippen molar-refractivity contribution in [1.29, 1.82) is 0 Å². The zero-order chi connectivity index (χ0) is 21.1. The Hall–Kier alpha value is -2.12. The van der Waals surface area contributed by atoms with Crippen molar-refractivity contribution in [2.24, 2.45) is 0 Å². The third-order valence-electron chi connectivity index (χ3n) is 4.96. The van der Waals surface area contributed by atoms with Gasteiger partial charge in [0.25, 0.3) is 11.5 Å². The van der Waals surface area contributed by atoms with Crippen LogP contribution in [0.25, 0.3) is 10.2 Å². The van der Waals surface area contributed by atoms with Gasteiger partial charge in [-0.1, -0.05) is 37.2 Å². The van der Waals surface area contributed by atoms with Crippen molar-refractivity contribution in [3.05, 3.63) is 56.2 Å². The van der Waals surface area contributed by atoms with E-state index in [1.807, 2.05) is 42.7 Å². The van der Waals surface area contributed by atoms with Gasteiger partial charge in [-0.05, 0) is 43.5 Å². The van der Waals surface area contributed by atoms with E-state index < -0.39 is 0 Å². The van der Waals surface area contributed by atoms with Crippen LogP contribution in [0.1, 0.15) is 46.1 Å². The fourth-order valence-corrected chi connectivity index (χ4v) is 5.13. The number of carbonyl (C=O) groups excluding carboxylic acids is 1. The second-order valence-electron chi connectivity index (χ2n) is 7.35. The molecule has 0 saturated heterocycles. The van der Waals surface area contributed by atoms with Crippen LogP contribution in [0.2, 0.25) is 0 Å². The van der Waals surface area contributed by atoms with Gasteiger partial charge in [-0.25, -0.2) is 4.98 Å². The normalized spacial score (nSPS) is 11.2. The summed E-state index contributed by atoms with van der Waals surface area (Å²) in [5.74, 6) is 0.692. The van der Waals surface area contributed by atoms with E-state index in [4.69, 9.17) is 4.98 Å². The summed E-state index contributed by atoms with van der Waals surface area (Å²) in [5, 5.41) is 1.53. The summed E-state index contributed by atoms with van der Waals surface area (Å²) in [7, 11) is 3.49. The summed E-state index contributed by atoms with van der Waals surface area (Å²) >= 11 is 3.17. The monoisotopic (exact) mass is 429 g/mol. The van der Waals surface area contributed by atoms with Crippen molar-refractivity contribution in [2.75, 3.05) is 14.1 Å². The molecule has 1 aromatic carbocycles. The molecule has 0 aliphatic carbocycles. The van der Waals surface area contributed by atoms with Gasteiger partial charge in [0.1, 0.15) is 4.83 Å². The van der Waals surface area contributed by atoms with Gasteiger partial charge in [0.15, 0.2) is 5.16 Å². The summed E-state index contributed by atoms with van der Waals surface area (Å²) in [4.78, 5) is 33.6. The largest absolute Gasteiger partial charge is 0.345 e. The molecule has 154 valence electrons. The maximum Gasteiger partial charge on any atom is 0.263 e. The van der Waals surface area contributed by atoms with Gasteiger partial charge in [0, 0.05) is 36.8 Å². The molecular formula is C22H27N3O2S2.